The van der Waals surface area contributed by atoms with Crippen molar-refractivity contribution in [2.24, 2.45) is 0 Å². The number of hydrogen-bond donors (Lipinski definition) is 2. The van der Waals surface area contributed by atoms with Crippen LogP contribution in [0.5, 0.6) is 17.2 Å². The van der Waals surface area contributed by atoms with Gasteiger partial charge in [-0.1, -0.05) is 0 Å². The van der Waals surface area contributed by atoms with Crippen LogP contribution in [0.4, 0.5) is 15.9 Å². The zero-order chi connectivity index (χ0) is 24.1. The standard InChI is InChI=1S/C25H32FN5O3/c1-17-21(32)7-6-19(26)24(17)29-25-18-14-22(33-3)23(15-20(18)27-16-28-25)34-13-5-10-31-9-4-8-30(2)11-12-31/h6-7,14-16,32H,4-5,8-13H2,1-3H3,(H,27,28,29). The molecule has 0 saturated carbocycles. The first-order chi connectivity index (χ1) is 16.5. The molecule has 3 aromatic rings. The lowest BCUT2D eigenvalue weighted by molar-refractivity contribution is 0.233. The third-order valence-electron chi connectivity index (χ3n) is 6.24. The van der Waals surface area contributed by atoms with Crippen LogP contribution in [0.1, 0.15) is 18.4 Å². The van der Waals surface area contributed by atoms with Gasteiger partial charge in [0.2, 0.25) is 0 Å². The fourth-order valence-corrected chi connectivity index (χ4v) is 4.17. The summed E-state index contributed by atoms with van der Waals surface area (Å²) in [5, 5.41) is 13.6. The molecule has 0 amide bonds. The van der Waals surface area contributed by atoms with E-state index in [1.165, 1.54) is 24.9 Å². The second kappa shape index (κ2) is 10.8. The minimum Gasteiger partial charge on any atom is -0.508 e. The molecule has 4 rings (SSSR count). The molecule has 0 atom stereocenters. The van der Waals surface area contributed by atoms with Crippen LogP contribution in [0.15, 0.2) is 30.6 Å². The highest BCUT2D eigenvalue weighted by atomic mass is 19.1. The Labute approximate surface area is 199 Å². The van der Waals surface area contributed by atoms with Crippen molar-refractivity contribution in [2.45, 2.75) is 19.8 Å². The number of halogens is 1. The monoisotopic (exact) mass is 469 g/mol. The van der Waals surface area contributed by atoms with Gasteiger partial charge < -0.3 is 29.7 Å². The average molecular weight is 470 g/mol. The van der Waals surface area contributed by atoms with Gasteiger partial charge in [-0.15, -0.1) is 0 Å². The topological polar surface area (TPSA) is 83.0 Å². The summed E-state index contributed by atoms with van der Waals surface area (Å²) in [5.41, 5.74) is 1.20. The maximum atomic E-state index is 14.4. The van der Waals surface area contributed by atoms with Gasteiger partial charge in [0.1, 0.15) is 23.7 Å². The van der Waals surface area contributed by atoms with Crippen LogP contribution in [0, 0.1) is 12.7 Å². The Balaban J connectivity index is 1.48. The number of rotatable bonds is 8. The van der Waals surface area contributed by atoms with E-state index in [9.17, 15) is 9.50 Å². The van der Waals surface area contributed by atoms with E-state index in [0.29, 0.717) is 40.4 Å². The molecule has 0 spiro atoms. The van der Waals surface area contributed by atoms with Crippen LogP contribution in [-0.2, 0) is 0 Å². The van der Waals surface area contributed by atoms with Crippen molar-refractivity contribution in [2.75, 3.05) is 58.8 Å². The second-order valence-corrected chi connectivity index (χ2v) is 8.63. The van der Waals surface area contributed by atoms with Crippen molar-refractivity contribution in [1.82, 2.24) is 19.8 Å². The number of aromatic hydroxyl groups is 1. The van der Waals surface area contributed by atoms with E-state index < -0.39 is 5.82 Å². The van der Waals surface area contributed by atoms with Crippen LogP contribution >= 0.6 is 0 Å². The van der Waals surface area contributed by atoms with Crippen molar-refractivity contribution in [1.29, 1.82) is 0 Å². The summed E-state index contributed by atoms with van der Waals surface area (Å²) in [6, 6.07) is 6.14. The fourth-order valence-electron chi connectivity index (χ4n) is 4.17. The highest BCUT2D eigenvalue weighted by molar-refractivity contribution is 5.93. The number of aromatic nitrogens is 2. The summed E-state index contributed by atoms with van der Waals surface area (Å²) < 4.78 is 26.0. The average Bonchev–Trinajstić information content (AvgIpc) is 3.05. The van der Waals surface area contributed by atoms with Crippen molar-refractivity contribution in [3.05, 3.63) is 42.0 Å². The Morgan fingerprint density at radius 1 is 1.12 bits per heavy atom. The van der Waals surface area contributed by atoms with Crippen LogP contribution < -0.4 is 14.8 Å². The molecule has 9 heteroatoms. The smallest absolute Gasteiger partial charge is 0.163 e. The summed E-state index contributed by atoms with van der Waals surface area (Å²) >= 11 is 0. The summed E-state index contributed by atoms with van der Waals surface area (Å²) in [6.45, 7) is 7.66. The zero-order valence-electron chi connectivity index (χ0n) is 20.0. The second-order valence-electron chi connectivity index (χ2n) is 8.63. The third-order valence-corrected chi connectivity index (χ3v) is 6.24. The number of nitrogens with one attached hydrogen (secondary N) is 1. The van der Waals surface area contributed by atoms with E-state index in [4.69, 9.17) is 9.47 Å². The number of benzene rings is 2. The van der Waals surface area contributed by atoms with Gasteiger partial charge in [0, 0.05) is 36.7 Å². The number of fused-ring (bicyclic) bond motifs is 1. The SMILES string of the molecule is COc1cc2c(Nc3c(F)ccc(O)c3C)ncnc2cc1OCCCN1CCCN(C)CC1. The summed E-state index contributed by atoms with van der Waals surface area (Å²) in [4.78, 5) is 13.5. The molecule has 0 bridgehead atoms. The molecule has 182 valence electrons. The first-order valence-corrected chi connectivity index (χ1v) is 11.6. The molecule has 1 fully saturated rings. The predicted molar refractivity (Wildman–Crippen MR) is 131 cm³/mol. The number of phenols is 1. The molecule has 1 saturated heterocycles. The summed E-state index contributed by atoms with van der Waals surface area (Å²) in [7, 11) is 3.75. The number of nitrogens with zero attached hydrogens (tertiary/aromatic N) is 4. The lowest BCUT2D eigenvalue weighted by Crippen LogP contribution is -2.30. The highest BCUT2D eigenvalue weighted by Gasteiger charge is 2.16. The predicted octanol–water partition coefficient (Wildman–Crippen LogP) is 3.94. The molecule has 34 heavy (non-hydrogen) atoms. The molecule has 0 unspecified atom stereocenters. The normalized spacial score (nSPS) is 15.3. The molecule has 1 aliphatic rings. The van der Waals surface area contributed by atoms with E-state index in [1.54, 1.807) is 20.1 Å². The number of anilines is 2. The Kier molecular flexibility index (Phi) is 7.64. The minimum absolute atomic E-state index is 0.00252. The van der Waals surface area contributed by atoms with Crippen LogP contribution in [0.3, 0.4) is 0 Å². The van der Waals surface area contributed by atoms with Gasteiger partial charge in [-0.25, -0.2) is 14.4 Å². The molecule has 0 aliphatic carbocycles. The Morgan fingerprint density at radius 2 is 1.97 bits per heavy atom. The van der Waals surface area contributed by atoms with Gasteiger partial charge in [-0.3, -0.25) is 0 Å². The van der Waals surface area contributed by atoms with E-state index in [-0.39, 0.29) is 11.4 Å². The van der Waals surface area contributed by atoms with Gasteiger partial charge in [-0.2, -0.15) is 0 Å². The summed E-state index contributed by atoms with van der Waals surface area (Å²) in [6.07, 6.45) is 3.52. The van der Waals surface area contributed by atoms with Crippen molar-refractivity contribution < 1.29 is 19.0 Å². The molecule has 2 aromatic carbocycles. The number of methoxy groups -OCH3 is 1. The summed E-state index contributed by atoms with van der Waals surface area (Å²) in [5.74, 6) is 1.09. The lowest BCUT2D eigenvalue weighted by atomic mass is 10.1. The Hall–Kier alpha value is -3.17. The molecule has 1 aliphatic heterocycles. The Morgan fingerprint density at radius 3 is 2.79 bits per heavy atom. The molecule has 0 radical (unpaired) electrons. The lowest BCUT2D eigenvalue weighted by Gasteiger charge is -2.20. The maximum absolute atomic E-state index is 14.4. The van der Waals surface area contributed by atoms with Crippen LogP contribution in [0.25, 0.3) is 10.9 Å². The first-order valence-electron chi connectivity index (χ1n) is 11.6. The Bertz CT molecular complexity index is 1140. The van der Waals surface area contributed by atoms with Gasteiger partial charge in [0.15, 0.2) is 11.5 Å². The van der Waals surface area contributed by atoms with Gasteiger partial charge in [0.25, 0.3) is 0 Å². The number of ether oxygens (including phenoxy) is 2. The molecule has 1 aromatic heterocycles. The van der Waals surface area contributed by atoms with E-state index >= 15 is 0 Å². The largest absolute Gasteiger partial charge is 0.508 e. The molecule has 8 nitrogen and oxygen atoms in total. The first kappa shape index (κ1) is 24.0. The molecular formula is C25H32FN5O3. The van der Waals surface area contributed by atoms with E-state index in [0.717, 1.165) is 39.1 Å². The molecular weight excluding hydrogens is 437 g/mol. The van der Waals surface area contributed by atoms with Gasteiger partial charge >= 0.3 is 0 Å². The zero-order valence-corrected chi connectivity index (χ0v) is 20.0. The minimum atomic E-state index is -0.481. The maximum Gasteiger partial charge on any atom is 0.163 e. The van der Waals surface area contributed by atoms with E-state index in [2.05, 4.69) is 32.1 Å². The third kappa shape index (κ3) is 5.48. The quantitative estimate of drug-likeness (QED) is 0.480. The van der Waals surface area contributed by atoms with Crippen molar-refractivity contribution >= 4 is 22.4 Å². The van der Waals surface area contributed by atoms with Crippen molar-refractivity contribution in [3.63, 3.8) is 0 Å². The number of likely N-dealkylation sites (N-methyl/N-ethyl adjacent to an activating group) is 1. The number of hydrogen-bond acceptors (Lipinski definition) is 8. The van der Waals surface area contributed by atoms with Gasteiger partial charge in [0.05, 0.1) is 24.9 Å². The number of phenolic OH excluding ortho intramolecular Hbond substituents is 1. The van der Waals surface area contributed by atoms with Crippen LogP contribution in [0.2, 0.25) is 0 Å². The van der Waals surface area contributed by atoms with Crippen molar-refractivity contribution in [3.8, 4) is 17.2 Å². The van der Waals surface area contributed by atoms with E-state index in [1.807, 2.05) is 6.07 Å². The van der Waals surface area contributed by atoms with Crippen LogP contribution in [-0.4, -0.2) is 78.4 Å². The highest BCUT2D eigenvalue weighted by Crippen LogP contribution is 2.36. The fraction of sp³-hybridized carbons (Fsp3) is 0.440. The molecule has 2 N–H and O–H groups in total. The van der Waals surface area contributed by atoms with Gasteiger partial charge in [-0.05, 0) is 58.1 Å². The molecule has 2 heterocycles.